The molecule has 7 heteroatoms. The van der Waals surface area contributed by atoms with Gasteiger partial charge in [0.1, 0.15) is 18.7 Å². The molecule has 0 spiro atoms. The van der Waals surface area contributed by atoms with E-state index in [9.17, 15) is 4.79 Å². The first-order chi connectivity index (χ1) is 12.2. The van der Waals surface area contributed by atoms with Crippen LogP contribution >= 0.6 is 0 Å². The summed E-state index contributed by atoms with van der Waals surface area (Å²) in [6.45, 7) is 15.3. The van der Waals surface area contributed by atoms with Crippen molar-refractivity contribution in [1.29, 1.82) is 0 Å². The highest BCUT2D eigenvalue weighted by atomic mass is 28.3. The lowest BCUT2D eigenvalue weighted by molar-refractivity contribution is -0.0509. The second-order valence-corrected chi connectivity index (χ2v) is 10.6. The highest BCUT2D eigenvalue weighted by molar-refractivity contribution is 6.48. The summed E-state index contributed by atoms with van der Waals surface area (Å²) in [6, 6.07) is 0. The van der Waals surface area contributed by atoms with Gasteiger partial charge in [0.2, 0.25) is 0 Å². The number of carbonyl (C=O) groups is 1. The minimum absolute atomic E-state index is 0.0633. The average Bonchev–Trinajstić information content (AvgIpc) is 2.92. The van der Waals surface area contributed by atoms with Gasteiger partial charge in [-0.25, -0.2) is 14.8 Å². The molecule has 144 valence electrons. The van der Waals surface area contributed by atoms with Crippen LogP contribution in [0.4, 0.5) is 4.79 Å². The maximum atomic E-state index is 12.8. The topological polar surface area (TPSA) is 64.5 Å². The first-order valence-corrected chi connectivity index (χ1v) is 11.9. The quantitative estimate of drug-likeness (QED) is 0.561. The minimum Gasteiger partial charge on any atom is -0.445 e. The van der Waals surface area contributed by atoms with Crippen LogP contribution in [0.3, 0.4) is 0 Å². The predicted octanol–water partition coefficient (Wildman–Crippen LogP) is 3.41. The molecule has 1 aromatic rings. The summed E-state index contributed by atoms with van der Waals surface area (Å²) in [5.74, 6) is 0.316. The Labute approximate surface area is 158 Å². The lowest BCUT2D eigenvalue weighted by Gasteiger charge is -2.39. The van der Waals surface area contributed by atoms with E-state index in [1.54, 1.807) is 23.4 Å². The summed E-state index contributed by atoms with van der Waals surface area (Å²) in [5, 5.41) is 0. The van der Waals surface area contributed by atoms with Crippen molar-refractivity contribution < 1.29 is 14.0 Å². The van der Waals surface area contributed by atoms with Gasteiger partial charge in [-0.3, -0.25) is 4.90 Å². The van der Waals surface area contributed by atoms with Crippen LogP contribution in [0, 0.1) is 11.3 Å². The lowest BCUT2D eigenvalue weighted by atomic mass is 9.78. The van der Waals surface area contributed by atoms with E-state index < -0.39 is 14.8 Å². The molecule has 2 rings (SSSR count). The molecule has 0 radical (unpaired) electrons. The first-order valence-electron chi connectivity index (χ1n) is 9.15. The van der Waals surface area contributed by atoms with E-state index in [-0.39, 0.29) is 18.1 Å². The van der Waals surface area contributed by atoms with Crippen LogP contribution in [0.15, 0.2) is 31.4 Å². The molecule has 0 unspecified atom stereocenters. The monoisotopic (exact) mass is 377 g/mol. The van der Waals surface area contributed by atoms with Gasteiger partial charge in [-0.15, -0.1) is 0 Å². The lowest BCUT2D eigenvalue weighted by Crippen LogP contribution is -2.53. The molecule has 1 amide bonds. The van der Waals surface area contributed by atoms with Gasteiger partial charge >= 0.3 is 6.09 Å². The molecule has 1 aliphatic heterocycles. The van der Waals surface area contributed by atoms with E-state index in [4.69, 9.17) is 9.16 Å². The van der Waals surface area contributed by atoms with Crippen molar-refractivity contribution in [2.45, 2.75) is 52.4 Å². The Hall–Kier alpha value is -1.73. The normalized spacial score (nSPS) is 23.3. The molecule has 2 atom stereocenters. The number of nitrogens with zero attached hydrogens (tertiary/aromatic N) is 3. The number of ether oxygens (including phenoxy) is 1. The zero-order valence-electron chi connectivity index (χ0n) is 16.6. The third kappa shape index (κ3) is 4.91. The Morgan fingerprint density at radius 2 is 2.08 bits per heavy atom. The van der Waals surface area contributed by atoms with Crippen LogP contribution in [-0.4, -0.2) is 48.9 Å². The van der Waals surface area contributed by atoms with E-state index >= 15 is 0 Å². The molecule has 0 bridgehead atoms. The third-order valence-electron chi connectivity index (χ3n) is 4.78. The first kappa shape index (κ1) is 20.6. The van der Waals surface area contributed by atoms with Crippen LogP contribution in [0.5, 0.6) is 0 Å². The van der Waals surface area contributed by atoms with E-state index in [1.807, 2.05) is 0 Å². The molecule has 0 saturated carbocycles. The van der Waals surface area contributed by atoms with Crippen LogP contribution in [0.1, 0.15) is 32.8 Å². The second kappa shape index (κ2) is 8.31. The maximum Gasteiger partial charge on any atom is 0.412 e. The molecule has 1 saturated heterocycles. The SMILES string of the molecule is C=CCOC(=O)N1C[C@@H](C(C)(C)C)C[C@]1(Cc1cncnc1)O[SiH](C)C. The second-order valence-electron chi connectivity index (χ2n) is 8.28. The third-order valence-corrected chi connectivity index (χ3v) is 5.69. The molecule has 0 aromatic carbocycles. The largest absolute Gasteiger partial charge is 0.445 e. The number of amides is 1. The van der Waals surface area contributed by atoms with Crippen LogP contribution in [-0.2, 0) is 15.6 Å². The molecule has 0 aliphatic carbocycles. The van der Waals surface area contributed by atoms with Gasteiger partial charge in [0, 0.05) is 25.4 Å². The van der Waals surface area contributed by atoms with E-state index in [0.29, 0.717) is 18.9 Å². The Bertz CT molecular complexity index is 618. The summed E-state index contributed by atoms with van der Waals surface area (Å²) in [4.78, 5) is 22.9. The van der Waals surface area contributed by atoms with Gasteiger partial charge in [-0.1, -0.05) is 33.4 Å². The molecule has 6 nitrogen and oxygen atoms in total. The smallest absolute Gasteiger partial charge is 0.412 e. The van der Waals surface area contributed by atoms with Crippen molar-refractivity contribution in [3.63, 3.8) is 0 Å². The molecule has 1 aliphatic rings. The van der Waals surface area contributed by atoms with Crippen molar-refractivity contribution in [1.82, 2.24) is 14.9 Å². The standard InChI is InChI=1S/C19H31N3O3Si/c1-7-8-24-17(23)22-13-16(18(2,3)4)10-19(22,25-26(5)6)9-15-11-20-14-21-12-15/h7,11-12,14,16,26H,1,8-10,13H2,2-6H3/t16-,19-/m0/s1. The highest BCUT2D eigenvalue weighted by Crippen LogP contribution is 2.45. The predicted molar refractivity (Wildman–Crippen MR) is 104 cm³/mol. The summed E-state index contributed by atoms with van der Waals surface area (Å²) >= 11 is 0. The van der Waals surface area contributed by atoms with Crippen molar-refractivity contribution >= 4 is 15.1 Å². The van der Waals surface area contributed by atoms with Gasteiger partial charge in [0.05, 0.1) is 0 Å². The van der Waals surface area contributed by atoms with Crippen LogP contribution in [0.25, 0.3) is 0 Å². The molecule has 2 heterocycles. The fraction of sp³-hybridized carbons (Fsp3) is 0.632. The highest BCUT2D eigenvalue weighted by Gasteiger charge is 2.52. The Morgan fingerprint density at radius 3 is 2.62 bits per heavy atom. The molecular weight excluding hydrogens is 346 g/mol. The van der Waals surface area contributed by atoms with E-state index in [0.717, 1.165) is 12.0 Å². The average molecular weight is 378 g/mol. The van der Waals surface area contributed by atoms with Crippen LogP contribution in [0.2, 0.25) is 13.1 Å². The number of hydrogen-bond acceptors (Lipinski definition) is 5. The van der Waals surface area contributed by atoms with Crippen molar-refractivity contribution in [3.8, 4) is 0 Å². The summed E-state index contributed by atoms with van der Waals surface area (Å²) in [6.07, 6.45) is 7.67. The zero-order chi connectivity index (χ0) is 19.4. The molecule has 0 N–H and O–H groups in total. The molecule has 26 heavy (non-hydrogen) atoms. The van der Waals surface area contributed by atoms with Gasteiger partial charge in [0.25, 0.3) is 0 Å². The fourth-order valence-corrected chi connectivity index (χ4v) is 4.66. The van der Waals surface area contributed by atoms with Gasteiger partial charge < -0.3 is 9.16 Å². The molecule has 1 fully saturated rings. The van der Waals surface area contributed by atoms with Gasteiger partial charge in [-0.2, -0.15) is 0 Å². The Kier molecular flexibility index (Phi) is 6.57. The fourth-order valence-electron chi connectivity index (χ4n) is 3.48. The molecular formula is C19H31N3O3Si. The Balaban J connectivity index is 2.40. The summed E-state index contributed by atoms with van der Waals surface area (Å²) < 4.78 is 11.9. The van der Waals surface area contributed by atoms with Crippen LogP contribution < -0.4 is 0 Å². The number of carbonyl (C=O) groups excluding carboxylic acids is 1. The van der Waals surface area contributed by atoms with E-state index in [2.05, 4.69) is 50.4 Å². The van der Waals surface area contributed by atoms with Gasteiger partial charge in [-0.05, 0) is 36.4 Å². The van der Waals surface area contributed by atoms with Crippen molar-refractivity contribution in [2.24, 2.45) is 11.3 Å². The Morgan fingerprint density at radius 1 is 1.42 bits per heavy atom. The molecule has 1 aromatic heterocycles. The number of hydrogen-bond donors (Lipinski definition) is 0. The maximum absolute atomic E-state index is 12.8. The number of likely N-dealkylation sites (tertiary alicyclic amines) is 1. The van der Waals surface area contributed by atoms with Crippen molar-refractivity contribution in [2.75, 3.05) is 13.2 Å². The zero-order valence-corrected chi connectivity index (χ0v) is 17.7. The van der Waals surface area contributed by atoms with Crippen molar-refractivity contribution in [3.05, 3.63) is 36.9 Å². The number of rotatable bonds is 6. The van der Waals surface area contributed by atoms with E-state index in [1.165, 1.54) is 6.33 Å². The minimum atomic E-state index is -1.43. The van der Waals surface area contributed by atoms with Gasteiger partial charge in [0.15, 0.2) is 9.04 Å². The summed E-state index contributed by atoms with van der Waals surface area (Å²) in [7, 11) is -1.43. The number of aromatic nitrogens is 2. The summed E-state index contributed by atoms with van der Waals surface area (Å²) in [5.41, 5.74) is 0.313.